The number of hydrogen-bond donors (Lipinski definition) is 1. The van der Waals surface area contributed by atoms with Gasteiger partial charge in [0.2, 0.25) is 0 Å². The Morgan fingerprint density at radius 2 is 2.00 bits per heavy atom. The van der Waals surface area contributed by atoms with Crippen molar-refractivity contribution in [2.45, 2.75) is 50.7 Å². The van der Waals surface area contributed by atoms with Gasteiger partial charge < -0.3 is 10.1 Å². The van der Waals surface area contributed by atoms with Gasteiger partial charge in [0, 0.05) is 18.2 Å². The Balaban J connectivity index is 1.60. The van der Waals surface area contributed by atoms with Crippen LogP contribution >= 0.6 is 0 Å². The first-order chi connectivity index (χ1) is 10.4. The first-order valence-electron chi connectivity index (χ1n) is 8.57. The lowest BCUT2D eigenvalue weighted by molar-refractivity contribution is 0.0758. The van der Waals surface area contributed by atoms with Gasteiger partial charge in [-0.05, 0) is 44.2 Å². The van der Waals surface area contributed by atoms with Gasteiger partial charge in [0.05, 0.1) is 12.1 Å². The first kappa shape index (κ1) is 13.6. The molecule has 0 aromatic heterocycles. The van der Waals surface area contributed by atoms with E-state index in [-0.39, 0.29) is 0 Å². The second-order valence-electron chi connectivity index (χ2n) is 6.82. The highest BCUT2D eigenvalue weighted by Gasteiger charge is 2.42. The molecule has 21 heavy (non-hydrogen) atoms. The molecule has 0 amide bonds. The summed E-state index contributed by atoms with van der Waals surface area (Å²) in [5.41, 5.74) is 1.34. The molecule has 2 unspecified atom stereocenters. The van der Waals surface area contributed by atoms with Gasteiger partial charge in [-0.1, -0.05) is 25.1 Å². The summed E-state index contributed by atoms with van der Waals surface area (Å²) in [6, 6.07) is 10.3. The highest BCUT2D eigenvalue weighted by atomic mass is 16.5. The molecule has 3 aliphatic rings. The number of hydrogen-bond acceptors (Lipinski definition) is 3. The van der Waals surface area contributed by atoms with Crippen molar-refractivity contribution in [2.24, 2.45) is 5.92 Å². The predicted octanol–water partition coefficient (Wildman–Crippen LogP) is 2.97. The first-order valence-corrected chi connectivity index (χ1v) is 8.57. The number of nitrogens with one attached hydrogen (secondary N) is 1. The zero-order valence-electron chi connectivity index (χ0n) is 12.9. The van der Waals surface area contributed by atoms with E-state index in [2.05, 4.69) is 41.4 Å². The van der Waals surface area contributed by atoms with Gasteiger partial charge in [-0.25, -0.2) is 0 Å². The van der Waals surface area contributed by atoms with Crippen molar-refractivity contribution in [1.29, 1.82) is 0 Å². The van der Waals surface area contributed by atoms with E-state index >= 15 is 0 Å². The molecule has 4 rings (SSSR count). The van der Waals surface area contributed by atoms with Gasteiger partial charge in [0.15, 0.2) is 0 Å². The van der Waals surface area contributed by atoms with Crippen molar-refractivity contribution in [2.75, 3.05) is 19.7 Å². The van der Waals surface area contributed by atoms with E-state index in [1.54, 1.807) is 0 Å². The number of ether oxygens (including phenoxy) is 1. The van der Waals surface area contributed by atoms with Crippen molar-refractivity contribution in [3.8, 4) is 5.75 Å². The minimum atomic E-state index is 0.416. The lowest BCUT2D eigenvalue weighted by Gasteiger charge is -2.41. The van der Waals surface area contributed by atoms with Crippen LogP contribution < -0.4 is 10.1 Å². The normalized spacial score (nSPS) is 28.3. The molecule has 2 aliphatic carbocycles. The van der Waals surface area contributed by atoms with Gasteiger partial charge in [-0.3, -0.25) is 4.90 Å². The highest BCUT2D eigenvalue weighted by molar-refractivity contribution is 5.39. The average Bonchev–Trinajstić information content (AvgIpc) is 3.38. The van der Waals surface area contributed by atoms with Gasteiger partial charge in [0.25, 0.3) is 0 Å². The second-order valence-corrected chi connectivity index (χ2v) is 6.82. The fourth-order valence-corrected chi connectivity index (χ4v) is 3.66. The largest absolute Gasteiger partial charge is 0.492 e. The van der Waals surface area contributed by atoms with Crippen LogP contribution in [0.5, 0.6) is 5.75 Å². The molecule has 3 nitrogen and oxygen atoms in total. The van der Waals surface area contributed by atoms with Crippen LogP contribution in [0, 0.1) is 5.92 Å². The standard InChI is InChI=1S/C18H26N2O/c1-2-19-18-15-5-3-4-6-17(15)21-12-16(18)20(14-9-10-14)11-13-7-8-13/h3-6,13-14,16,18-19H,2,7-12H2,1H3. The highest BCUT2D eigenvalue weighted by Crippen LogP contribution is 2.41. The van der Waals surface area contributed by atoms with Crippen molar-refractivity contribution in [3.05, 3.63) is 29.8 Å². The molecule has 2 fully saturated rings. The molecule has 2 atom stereocenters. The van der Waals surface area contributed by atoms with Gasteiger partial charge in [-0.2, -0.15) is 0 Å². The summed E-state index contributed by atoms with van der Waals surface area (Å²) < 4.78 is 6.09. The van der Waals surface area contributed by atoms with E-state index in [0.29, 0.717) is 12.1 Å². The smallest absolute Gasteiger partial charge is 0.124 e. The van der Waals surface area contributed by atoms with E-state index in [1.807, 2.05) is 0 Å². The molecule has 1 aromatic rings. The van der Waals surface area contributed by atoms with Crippen LogP contribution in [0.1, 0.15) is 44.2 Å². The van der Waals surface area contributed by atoms with Crippen LogP contribution in [0.3, 0.4) is 0 Å². The quantitative estimate of drug-likeness (QED) is 0.870. The molecule has 1 heterocycles. The van der Waals surface area contributed by atoms with E-state index in [0.717, 1.165) is 30.9 Å². The molecule has 1 aliphatic heterocycles. The molecule has 0 saturated heterocycles. The fourth-order valence-electron chi connectivity index (χ4n) is 3.66. The van der Waals surface area contributed by atoms with Crippen LogP contribution in [0.4, 0.5) is 0 Å². The molecule has 0 spiro atoms. The SMILES string of the molecule is CCNC1c2ccccc2OCC1N(CC1CC1)C1CC1. The third kappa shape index (κ3) is 2.82. The van der Waals surface area contributed by atoms with Crippen LogP contribution in [0.25, 0.3) is 0 Å². The van der Waals surface area contributed by atoms with Crippen molar-refractivity contribution < 1.29 is 4.74 Å². The monoisotopic (exact) mass is 286 g/mol. The summed E-state index contributed by atoms with van der Waals surface area (Å²) in [5.74, 6) is 2.02. The Bertz CT molecular complexity index is 496. The number of nitrogens with zero attached hydrogens (tertiary/aromatic N) is 1. The van der Waals surface area contributed by atoms with Gasteiger partial charge in [0.1, 0.15) is 12.4 Å². The van der Waals surface area contributed by atoms with Gasteiger partial charge in [-0.15, -0.1) is 0 Å². The average molecular weight is 286 g/mol. The van der Waals surface area contributed by atoms with Crippen LogP contribution in [0.2, 0.25) is 0 Å². The van der Waals surface area contributed by atoms with Crippen LogP contribution in [-0.4, -0.2) is 36.7 Å². The van der Waals surface area contributed by atoms with E-state index in [9.17, 15) is 0 Å². The lowest BCUT2D eigenvalue weighted by atomic mass is 9.94. The van der Waals surface area contributed by atoms with Gasteiger partial charge >= 0.3 is 0 Å². The molecule has 0 radical (unpaired) electrons. The molecule has 2 saturated carbocycles. The van der Waals surface area contributed by atoms with Crippen molar-refractivity contribution in [3.63, 3.8) is 0 Å². The maximum Gasteiger partial charge on any atom is 0.124 e. The fraction of sp³-hybridized carbons (Fsp3) is 0.667. The second kappa shape index (κ2) is 5.62. The number of fused-ring (bicyclic) bond motifs is 1. The molecule has 3 heteroatoms. The van der Waals surface area contributed by atoms with Crippen LogP contribution in [-0.2, 0) is 0 Å². The Morgan fingerprint density at radius 1 is 1.19 bits per heavy atom. The van der Waals surface area contributed by atoms with Crippen molar-refractivity contribution in [1.82, 2.24) is 10.2 Å². The number of likely N-dealkylation sites (N-methyl/N-ethyl adjacent to an activating group) is 1. The summed E-state index contributed by atoms with van der Waals surface area (Å²) in [5, 5.41) is 3.73. The molecule has 114 valence electrons. The summed E-state index contributed by atoms with van der Waals surface area (Å²) in [6.07, 6.45) is 5.62. The minimum Gasteiger partial charge on any atom is -0.492 e. The number of para-hydroxylation sites is 1. The Kier molecular flexibility index (Phi) is 3.64. The molecular formula is C18H26N2O. The van der Waals surface area contributed by atoms with E-state index in [1.165, 1.54) is 37.8 Å². The molecule has 1 aromatic carbocycles. The Morgan fingerprint density at radius 3 is 2.71 bits per heavy atom. The predicted molar refractivity (Wildman–Crippen MR) is 84.6 cm³/mol. The maximum absolute atomic E-state index is 6.09. The molecular weight excluding hydrogens is 260 g/mol. The summed E-state index contributed by atoms with van der Waals surface area (Å²) in [4.78, 5) is 2.76. The molecule has 0 bridgehead atoms. The zero-order valence-corrected chi connectivity index (χ0v) is 12.9. The number of benzene rings is 1. The topological polar surface area (TPSA) is 24.5 Å². The summed E-state index contributed by atoms with van der Waals surface area (Å²) in [6.45, 7) is 5.33. The number of rotatable bonds is 6. The summed E-state index contributed by atoms with van der Waals surface area (Å²) in [7, 11) is 0. The maximum atomic E-state index is 6.09. The van der Waals surface area contributed by atoms with Crippen LogP contribution in [0.15, 0.2) is 24.3 Å². The van der Waals surface area contributed by atoms with E-state index in [4.69, 9.17) is 4.74 Å². The summed E-state index contributed by atoms with van der Waals surface area (Å²) >= 11 is 0. The third-order valence-corrected chi connectivity index (χ3v) is 5.08. The van der Waals surface area contributed by atoms with E-state index < -0.39 is 0 Å². The third-order valence-electron chi connectivity index (χ3n) is 5.08. The Hall–Kier alpha value is -1.06. The van der Waals surface area contributed by atoms with Crippen molar-refractivity contribution >= 4 is 0 Å². The minimum absolute atomic E-state index is 0.416. The lowest BCUT2D eigenvalue weighted by Crippen LogP contribution is -2.51. The Labute approximate surface area is 127 Å². The zero-order chi connectivity index (χ0) is 14.2. The molecule has 1 N–H and O–H groups in total.